The second-order valence-corrected chi connectivity index (χ2v) is 17.7. The van der Waals surface area contributed by atoms with Crippen LogP contribution in [0, 0.1) is 29.2 Å². The van der Waals surface area contributed by atoms with Crippen LogP contribution in [-0.2, 0) is 29.2 Å². The van der Waals surface area contributed by atoms with E-state index in [2.05, 4.69) is 16.9 Å². The molecule has 0 unspecified atom stereocenters. The molecule has 4 fully saturated rings. The van der Waals surface area contributed by atoms with Gasteiger partial charge >= 0.3 is 5.97 Å². The molecule has 0 heterocycles. The van der Waals surface area contributed by atoms with Crippen LogP contribution in [-0.4, -0.2) is 33.5 Å². The lowest BCUT2D eigenvalue weighted by Crippen LogP contribution is -2.31. The van der Waals surface area contributed by atoms with Crippen molar-refractivity contribution < 1.29 is 52.7 Å². The lowest BCUT2D eigenvalue weighted by Gasteiger charge is -2.33. The van der Waals surface area contributed by atoms with E-state index in [9.17, 15) is 43.7 Å². The van der Waals surface area contributed by atoms with Crippen molar-refractivity contribution in [1.82, 2.24) is 0 Å². The number of ether oxygens (including phenoxy) is 1. The molecule has 14 heteroatoms. The zero-order chi connectivity index (χ0) is 36.5. The number of hydrogen-bond acceptors (Lipinski definition) is 8. The Bertz CT molecular complexity index is 1750. The average molecular weight is 758 g/mol. The molecule has 0 aromatic heterocycles. The highest BCUT2D eigenvalue weighted by atomic mass is 32.2. The van der Waals surface area contributed by atoms with Crippen molar-refractivity contribution in [1.29, 1.82) is 0 Å². The Balaban J connectivity index is 1.23. The smallest absolute Gasteiger partial charge is 0.314 e. The maximum absolute atomic E-state index is 14.5. The molecule has 4 aliphatic carbocycles. The topological polar surface area (TPSA) is 127 Å². The van der Waals surface area contributed by atoms with E-state index in [-0.39, 0.29) is 37.5 Å². The van der Waals surface area contributed by atoms with Gasteiger partial charge in [-0.1, -0.05) is 69.9 Å². The first-order valence-electron chi connectivity index (χ1n) is 18.4. The van der Waals surface area contributed by atoms with Gasteiger partial charge in [0.15, 0.2) is 11.6 Å². The standard InChI is InChI=1S/C37H46F4O8S2/c38-30-32(40)36(50(43,44)45)33(41)31(39)34(30)48-37(42)25-16-18-27(19-17-25)49-51(46,47)35-28(23-12-6-2-7-13-23)20-26(22-10-4-1-5-11-22)21-29(35)24-14-8-3-9-15-24/h20-25,27H,1-19H2,(H,43,44,45)/p-1. The second-order valence-electron chi connectivity index (χ2n) is 14.8. The third-order valence-corrected chi connectivity index (χ3v) is 13.8. The molecule has 6 rings (SSSR count). The minimum absolute atomic E-state index is 0.00811. The largest absolute Gasteiger partial charge is 0.744 e. The van der Waals surface area contributed by atoms with Crippen LogP contribution < -0.4 is 4.74 Å². The molecule has 0 radical (unpaired) electrons. The SMILES string of the molecule is O=C(Oc1c(F)c(F)c(S(=O)(=O)[O-])c(F)c1F)C1CCC(OS(=O)(=O)c2c(C3CCCCC3)cc(C3CCCCC3)cc2C2CCCCC2)CC1. The first kappa shape index (κ1) is 38.2. The summed E-state index contributed by atoms with van der Waals surface area (Å²) in [4.78, 5) is 10.8. The van der Waals surface area contributed by atoms with E-state index < -0.39 is 72.1 Å². The summed E-state index contributed by atoms with van der Waals surface area (Å²) in [6.07, 6.45) is 15.1. The predicted molar refractivity (Wildman–Crippen MR) is 178 cm³/mol. The third kappa shape index (κ3) is 8.33. The minimum Gasteiger partial charge on any atom is -0.744 e. The highest BCUT2D eigenvalue weighted by Crippen LogP contribution is 2.46. The first-order valence-corrected chi connectivity index (χ1v) is 21.2. The van der Waals surface area contributed by atoms with Gasteiger partial charge in [-0.3, -0.25) is 8.98 Å². The van der Waals surface area contributed by atoms with Crippen LogP contribution in [0.4, 0.5) is 17.6 Å². The summed E-state index contributed by atoms with van der Waals surface area (Å²) in [5, 5.41) is 0. The number of esters is 1. The van der Waals surface area contributed by atoms with Gasteiger partial charge in [-0.2, -0.15) is 17.2 Å². The summed E-state index contributed by atoms with van der Waals surface area (Å²) < 4.78 is 130. The van der Waals surface area contributed by atoms with Gasteiger partial charge in [0, 0.05) is 0 Å². The maximum Gasteiger partial charge on any atom is 0.314 e. The molecule has 0 atom stereocenters. The van der Waals surface area contributed by atoms with Gasteiger partial charge in [0.25, 0.3) is 10.1 Å². The molecule has 0 saturated heterocycles. The number of rotatable bonds is 9. The molecule has 0 amide bonds. The molecule has 0 bridgehead atoms. The summed E-state index contributed by atoms with van der Waals surface area (Å²) in [7, 11) is -10.2. The quantitative estimate of drug-likeness (QED) is 0.0619. The van der Waals surface area contributed by atoms with Crippen molar-refractivity contribution in [3.05, 3.63) is 52.1 Å². The first-order chi connectivity index (χ1) is 24.3. The number of halogens is 4. The van der Waals surface area contributed by atoms with Crippen LogP contribution in [0.3, 0.4) is 0 Å². The Morgan fingerprint density at radius 1 is 0.588 bits per heavy atom. The average Bonchev–Trinajstić information content (AvgIpc) is 3.12. The van der Waals surface area contributed by atoms with Gasteiger partial charge in [0.05, 0.1) is 12.0 Å². The monoisotopic (exact) mass is 757 g/mol. The summed E-state index contributed by atoms with van der Waals surface area (Å²) in [6.45, 7) is 0. The summed E-state index contributed by atoms with van der Waals surface area (Å²) in [5.41, 5.74) is 2.98. The molecule has 2 aromatic carbocycles. The van der Waals surface area contributed by atoms with Crippen molar-refractivity contribution >= 4 is 26.2 Å². The van der Waals surface area contributed by atoms with Crippen molar-refractivity contribution in [2.24, 2.45) is 5.92 Å². The lowest BCUT2D eigenvalue weighted by atomic mass is 9.76. The Hall–Kier alpha value is -2.55. The van der Waals surface area contributed by atoms with E-state index in [0.29, 0.717) is 10.8 Å². The van der Waals surface area contributed by atoms with Gasteiger partial charge in [-0.15, -0.1) is 0 Å². The van der Waals surface area contributed by atoms with E-state index >= 15 is 0 Å². The zero-order valence-corrected chi connectivity index (χ0v) is 30.2. The van der Waals surface area contributed by atoms with Crippen molar-refractivity contribution in [3.63, 3.8) is 0 Å². The predicted octanol–water partition coefficient (Wildman–Crippen LogP) is 9.16. The molecular formula is C37H45F4O8S2-. The highest BCUT2D eigenvalue weighted by Gasteiger charge is 2.38. The molecule has 0 N–H and O–H groups in total. The fourth-order valence-corrected chi connectivity index (χ4v) is 11.1. The fraction of sp³-hybridized carbons (Fsp3) is 0.649. The molecule has 0 aliphatic heterocycles. The number of carbonyl (C=O) groups is 1. The van der Waals surface area contributed by atoms with Crippen LogP contribution >= 0.6 is 0 Å². The summed E-state index contributed by atoms with van der Waals surface area (Å²) in [5.74, 6) is -13.1. The maximum atomic E-state index is 14.5. The number of hydrogen-bond donors (Lipinski definition) is 0. The Labute approximate surface area is 297 Å². The number of carbonyl (C=O) groups excluding carboxylic acids is 1. The third-order valence-electron chi connectivity index (χ3n) is 11.5. The van der Waals surface area contributed by atoms with Crippen LogP contribution in [0.15, 0.2) is 21.9 Å². The summed E-state index contributed by atoms with van der Waals surface area (Å²) >= 11 is 0. The van der Waals surface area contributed by atoms with Crippen LogP contribution in [0.5, 0.6) is 5.75 Å². The van der Waals surface area contributed by atoms with Gasteiger partial charge in [0.1, 0.15) is 19.9 Å². The minimum atomic E-state index is -5.93. The van der Waals surface area contributed by atoms with E-state index in [0.717, 1.165) is 101 Å². The molecule has 282 valence electrons. The fourth-order valence-electron chi connectivity index (χ4n) is 8.80. The molecule has 8 nitrogen and oxygen atoms in total. The van der Waals surface area contributed by atoms with Crippen LogP contribution in [0.2, 0.25) is 0 Å². The number of benzene rings is 2. The van der Waals surface area contributed by atoms with Gasteiger partial charge in [0.2, 0.25) is 17.4 Å². The van der Waals surface area contributed by atoms with Gasteiger partial charge in [-0.05, 0) is 98.7 Å². The van der Waals surface area contributed by atoms with Crippen molar-refractivity contribution in [2.45, 2.75) is 156 Å². The van der Waals surface area contributed by atoms with Gasteiger partial charge < -0.3 is 9.29 Å². The molecule has 2 aromatic rings. The van der Waals surface area contributed by atoms with Crippen LogP contribution in [0.1, 0.15) is 156 Å². The molecule has 4 aliphatic rings. The molecule has 4 saturated carbocycles. The second kappa shape index (κ2) is 15.8. The van der Waals surface area contributed by atoms with E-state index in [1.54, 1.807) is 0 Å². The van der Waals surface area contributed by atoms with E-state index in [1.165, 1.54) is 12.0 Å². The van der Waals surface area contributed by atoms with E-state index in [1.807, 2.05) is 0 Å². The Kier molecular flexibility index (Phi) is 11.8. The lowest BCUT2D eigenvalue weighted by molar-refractivity contribution is -0.141. The zero-order valence-electron chi connectivity index (χ0n) is 28.6. The van der Waals surface area contributed by atoms with Crippen LogP contribution in [0.25, 0.3) is 0 Å². The Morgan fingerprint density at radius 2 is 1.02 bits per heavy atom. The summed E-state index contributed by atoms with van der Waals surface area (Å²) in [6, 6.07) is 4.31. The van der Waals surface area contributed by atoms with Gasteiger partial charge in [-0.25, -0.2) is 17.2 Å². The van der Waals surface area contributed by atoms with Crippen molar-refractivity contribution in [2.75, 3.05) is 0 Å². The van der Waals surface area contributed by atoms with E-state index in [4.69, 9.17) is 4.18 Å². The normalized spacial score (nSPS) is 23.3. The van der Waals surface area contributed by atoms with Crippen molar-refractivity contribution in [3.8, 4) is 5.75 Å². The molecular weight excluding hydrogens is 713 g/mol. The molecule has 0 spiro atoms. The molecule has 51 heavy (non-hydrogen) atoms. The Morgan fingerprint density at radius 3 is 1.45 bits per heavy atom. The highest BCUT2D eigenvalue weighted by molar-refractivity contribution is 7.87.